The molecule has 0 spiro atoms. The van der Waals surface area contributed by atoms with E-state index in [0.29, 0.717) is 6.04 Å². The highest BCUT2D eigenvalue weighted by atomic mass is 127. The minimum atomic E-state index is 0.432. The molecule has 0 aromatic rings. The summed E-state index contributed by atoms with van der Waals surface area (Å²) in [6, 6.07) is 0.432. The summed E-state index contributed by atoms with van der Waals surface area (Å²) in [6.07, 6.45) is 3.55. The van der Waals surface area contributed by atoms with Gasteiger partial charge < -0.3 is 5.73 Å². The van der Waals surface area contributed by atoms with Crippen molar-refractivity contribution in [2.45, 2.75) is 43.1 Å². The summed E-state index contributed by atoms with van der Waals surface area (Å²) in [6.45, 7) is 4.38. The monoisotopic (exact) mass is 241 g/mol. The van der Waals surface area contributed by atoms with E-state index in [9.17, 15) is 0 Å². The van der Waals surface area contributed by atoms with Gasteiger partial charge >= 0.3 is 0 Å². The van der Waals surface area contributed by atoms with Crippen LogP contribution in [-0.2, 0) is 0 Å². The van der Waals surface area contributed by atoms with Crippen LogP contribution in [0.1, 0.15) is 33.1 Å². The smallest absolute Gasteiger partial charge is 0.00960 e. The van der Waals surface area contributed by atoms with Gasteiger partial charge in [0.2, 0.25) is 0 Å². The summed E-state index contributed by atoms with van der Waals surface area (Å²) in [5.74, 6) is 0. The van der Waals surface area contributed by atoms with Crippen molar-refractivity contribution in [1.82, 2.24) is 0 Å². The normalized spacial score (nSPS) is 17.3. The quantitative estimate of drug-likeness (QED) is 0.593. The second-order valence-corrected chi connectivity index (χ2v) is 4.69. The van der Waals surface area contributed by atoms with E-state index < -0.39 is 0 Å². The van der Waals surface area contributed by atoms with Gasteiger partial charge in [-0.05, 0) is 12.8 Å². The van der Waals surface area contributed by atoms with Crippen molar-refractivity contribution < 1.29 is 0 Å². The van der Waals surface area contributed by atoms with Crippen LogP contribution in [0.15, 0.2) is 0 Å². The summed E-state index contributed by atoms with van der Waals surface area (Å²) in [5.41, 5.74) is 5.78. The Hall–Kier alpha value is 0.690. The van der Waals surface area contributed by atoms with Crippen molar-refractivity contribution in [3.8, 4) is 0 Å². The molecule has 0 aliphatic carbocycles. The van der Waals surface area contributed by atoms with Crippen LogP contribution in [0.3, 0.4) is 0 Å². The van der Waals surface area contributed by atoms with Crippen LogP contribution in [0.25, 0.3) is 0 Å². The zero-order valence-corrected chi connectivity index (χ0v) is 8.39. The van der Waals surface area contributed by atoms with Crippen molar-refractivity contribution >= 4 is 22.6 Å². The lowest BCUT2D eigenvalue weighted by molar-refractivity contribution is 0.566. The molecule has 2 N–H and O–H groups in total. The van der Waals surface area contributed by atoms with Crippen LogP contribution < -0.4 is 5.73 Å². The number of halogens is 1. The lowest BCUT2D eigenvalue weighted by Crippen LogP contribution is -2.22. The molecule has 0 fully saturated rings. The topological polar surface area (TPSA) is 26.0 Å². The summed E-state index contributed by atoms with van der Waals surface area (Å²) >= 11 is 2.42. The fraction of sp³-hybridized carbons (Fsp3) is 1.00. The van der Waals surface area contributed by atoms with Gasteiger partial charge in [0.1, 0.15) is 0 Å². The Morgan fingerprint density at radius 1 is 1.56 bits per heavy atom. The molecule has 1 nitrogen and oxygen atoms in total. The molecule has 0 amide bonds. The molecule has 56 valence electrons. The van der Waals surface area contributed by atoms with Crippen LogP contribution in [-0.4, -0.2) is 9.97 Å². The molecule has 2 atom stereocenters. The van der Waals surface area contributed by atoms with E-state index in [-0.39, 0.29) is 0 Å². The first-order chi connectivity index (χ1) is 4.16. The van der Waals surface area contributed by atoms with Gasteiger partial charge in [-0.2, -0.15) is 0 Å². The highest BCUT2D eigenvalue weighted by Crippen LogP contribution is 2.09. The largest absolute Gasteiger partial charge is 0.328 e. The molecule has 0 aromatic carbocycles. The van der Waals surface area contributed by atoms with E-state index >= 15 is 0 Å². The lowest BCUT2D eigenvalue weighted by atomic mass is 10.1. The number of rotatable bonds is 4. The van der Waals surface area contributed by atoms with E-state index in [1.165, 1.54) is 12.8 Å². The molecule has 0 saturated carbocycles. The Kier molecular flexibility index (Phi) is 5.89. The molecular weight excluding hydrogens is 225 g/mol. The van der Waals surface area contributed by atoms with Gasteiger partial charge in [0.05, 0.1) is 0 Å². The molecule has 1 unspecified atom stereocenters. The van der Waals surface area contributed by atoms with E-state index in [1.807, 2.05) is 0 Å². The number of hydrogen-bond donors (Lipinski definition) is 1. The summed E-state index contributed by atoms with van der Waals surface area (Å²) in [5, 5.41) is 0. The zero-order chi connectivity index (χ0) is 7.28. The maximum Gasteiger partial charge on any atom is 0.00960 e. The second kappa shape index (κ2) is 5.47. The van der Waals surface area contributed by atoms with Crippen LogP contribution in [0.5, 0.6) is 0 Å². The predicted octanol–water partition coefficient (Wildman–Crippen LogP) is 2.33. The molecule has 0 radical (unpaired) electrons. The average molecular weight is 241 g/mol. The first-order valence-electron chi connectivity index (χ1n) is 3.56. The molecule has 0 aromatic heterocycles. The second-order valence-electron chi connectivity index (χ2n) is 2.57. The van der Waals surface area contributed by atoms with E-state index in [0.717, 1.165) is 10.3 Å². The Balaban J connectivity index is 3.15. The highest BCUT2D eigenvalue weighted by molar-refractivity contribution is 14.1. The molecule has 0 aliphatic rings. The fourth-order valence-corrected chi connectivity index (χ4v) is 1.56. The number of alkyl halides is 1. The van der Waals surface area contributed by atoms with Gasteiger partial charge in [0.25, 0.3) is 0 Å². The van der Waals surface area contributed by atoms with Crippen LogP contribution >= 0.6 is 22.6 Å². The molecule has 9 heavy (non-hydrogen) atoms. The van der Waals surface area contributed by atoms with Crippen molar-refractivity contribution in [3.63, 3.8) is 0 Å². The third-order valence-electron chi connectivity index (χ3n) is 1.29. The molecule has 0 aliphatic heterocycles. The van der Waals surface area contributed by atoms with Gasteiger partial charge in [0.15, 0.2) is 0 Å². The zero-order valence-electron chi connectivity index (χ0n) is 6.23. The van der Waals surface area contributed by atoms with Crippen molar-refractivity contribution in [3.05, 3.63) is 0 Å². The first kappa shape index (κ1) is 9.69. The van der Waals surface area contributed by atoms with Crippen LogP contribution in [0, 0.1) is 0 Å². The van der Waals surface area contributed by atoms with Crippen molar-refractivity contribution in [1.29, 1.82) is 0 Å². The first-order valence-corrected chi connectivity index (χ1v) is 4.81. The molecule has 0 bridgehead atoms. The average Bonchev–Trinajstić information content (AvgIpc) is 1.63. The van der Waals surface area contributed by atoms with Gasteiger partial charge in [-0.3, -0.25) is 0 Å². The van der Waals surface area contributed by atoms with Crippen molar-refractivity contribution in [2.75, 3.05) is 0 Å². The minimum Gasteiger partial charge on any atom is -0.328 e. The molecular formula is C7H16IN. The third-order valence-corrected chi connectivity index (χ3v) is 1.80. The van der Waals surface area contributed by atoms with Crippen LogP contribution in [0.4, 0.5) is 0 Å². The van der Waals surface area contributed by atoms with Crippen molar-refractivity contribution in [2.24, 2.45) is 5.73 Å². The van der Waals surface area contributed by atoms with E-state index in [1.54, 1.807) is 0 Å². The van der Waals surface area contributed by atoms with E-state index in [2.05, 4.69) is 36.4 Å². The van der Waals surface area contributed by atoms with Gasteiger partial charge in [-0.15, -0.1) is 0 Å². The van der Waals surface area contributed by atoms with Crippen LogP contribution in [0.2, 0.25) is 0 Å². The van der Waals surface area contributed by atoms with Gasteiger partial charge in [0, 0.05) is 9.97 Å². The van der Waals surface area contributed by atoms with E-state index in [4.69, 9.17) is 5.73 Å². The fourth-order valence-electron chi connectivity index (χ4n) is 0.906. The van der Waals surface area contributed by atoms with Gasteiger partial charge in [-0.25, -0.2) is 0 Å². The Morgan fingerprint density at radius 3 is 2.44 bits per heavy atom. The number of nitrogens with two attached hydrogens (primary N) is 1. The SMILES string of the molecule is CCC[C@@H](N)CC(C)I. The molecule has 0 rings (SSSR count). The molecule has 0 saturated heterocycles. The minimum absolute atomic E-state index is 0.432. The molecule has 0 heterocycles. The summed E-state index contributed by atoms with van der Waals surface area (Å²) in [4.78, 5) is 0. The lowest BCUT2D eigenvalue weighted by Gasteiger charge is -2.10. The summed E-state index contributed by atoms with van der Waals surface area (Å²) in [7, 11) is 0. The predicted molar refractivity (Wildman–Crippen MR) is 51.0 cm³/mol. The third kappa shape index (κ3) is 6.58. The number of hydrogen-bond acceptors (Lipinski definition) is 1. The maximum absolute atomic E-state index is 5.78. The Labute approximate surface area is 71.5 Å². The highest BCUT2D eigenvalue weighted by Gasteiger charge is 2.03. The summed E-state index contributed by atoms with van der Waals surface area (Å²) < 4.78 is 0.726. The Morgan fingerprint density at radius 2 is 2.11 bits per heavy atom. The van der Waals surface area contributed by atoms with Gasteiger partial charge in [-0.1, -0.05) is 42.9 Å². The Bertz CT molecular complexity index is 63.9. The standard InChI is InChI=1S/C7H16IN/c1-3-4-7(9)5-6(2)8/h6-7H,3-5,9H2,1-2H3/t6?,7-/m1/s1. The molecule has 2 heteroatoms. The maximum atomic E-state index is 5.78.